The van der Waals surface area contributed by atoms with Crippen LogP contribution in [0.2, 0.25) is 0 Å². The van der Waals surface area contributed by atoms with Crippen LogP contribution in [0.4, 0.5) is 0 Å². The second-order valence-electron chi connectivity index (χ2n) is 4.84. The van der Waals surface area contributed by atoms with Crippen molar-refractivity contribution in [3.8, 4) is 0 Å². The number of hydrogen-bond acceptors (Lipinski definition) is 5. The Morgan fingerprint density at radius 1 is 0.957 bits per heavy atom. The van der Waals surface area contributed by atoms with E-state index >= 15 is 0 Å². The third-order valence-electron chi connectivity index (χ3n) is 3.24. The molecule has 1 atom stereocenters. The van der Waals surface area contributed by atoms with Crippen LogP contribution in [0.3, 0.4) is 0 Å². The molecule has 2 N–H and O–H groups in total. The Labute approximate surface area is 131 Å². The molecule has 3 aromatic rings. The lowest BCUT2D eigenvalue weighted by atomic mass is 10.1. The first-order chi connectivity index (χ1) is 11.1. The second kappa shape index (κ2) is 6.23. The molecule has 6 heteroatoms. The number of primary amides is 1. The summed E-state index contributed by atoms with van der Waals surface area (Å²) in [4.78, 5) is 32.2. The SMILES string of the molecule is NC(=O)[C@@H](OC(=O)c1cnc2ccccc2n1)c1ccccc1. The average molecular weight is 307 g/mol. The normalized spacial score (nSPS) is 11.8. The van der Waals surface area contributed by atoms with Crippen molar-refractivity contribution in [1.29, 1.82) is 0 Å². The Kier molecular flexibility index (Phi) is 3.97. The molecule has 1 aromatic heterocycles. The van der Waals surface area contributed by atoms with Crippen molar-refractivity contribution >= 4 is 22.9 Å². The number of aromatic nitrogens is 2. The number of carbonyl (C=O) groups excluding carboxylic acids is 2. The summed E-state index contributed by atoms with van der Waals surface area (Å²) in [6, 6.07) is 15.7. The van der Waals surface area contributed by atoms with Crippen LogP contribution >= 0.6 is 0 Å². The highest BCUT2D eigenvalue weighted by molar-refractivity contribution is 5.92. The molecule has 0 unspecified atom stereocenters. The molecule has 6 nitrogen and oxygen atoms in total. The van der Waals surface area contributed by atoms with Gasteiger partial charge in [-0.05, 0) is 12.1 Å². The molecule has 0 aliphatic rings. The lowest BCUT2D eigenvalue weighted by Gasteiger charge is -2.14. The van der Waals surface area contributed by atoms with E-state index in [9.17, 15) is 9.59 Å². The van der Waals surface area contributed by atoms with Gasteiger partial charge in [0, 0.05) is 5.56 Å². The number of hydrogen-bond donors (Lipinski definition) is 1. The minimum absolute atomic E-state index is 0.0193. The molecule has 0 saturated carbocycles. The molecule has 1 amide bonds. The fourth-order valence-electron chi connectivity index (χ4n) is 2.14. The highest BCUT2D eigenvalue weighted by Crippen LogP contribution is 2.19. The van der Waals surface area contributed by atoms with E-state index in [0.717, 1.165) is 0 Å². The number of nitrogens with two attached hydrogens (primary N) is 1. The van der Waals surface area contributed by atoms with Crippen LogP contribution in [0.5, 0.6) is 0 Å². The van der Waals surface area contributed by atoms with E-state index in [-0.39, 0.29) is 5.69 Å². The fraction of sp³-hybridized carbons (Fsp3) is 0.0588. The van der Waals surface area contributed by atoms with Gasteiger partial charge in [-0.2, -0.15) is 0 Å². The van der Waals surface area contributed by atoms with Crippen LogP contribution in [0.15, 0.2) is 60.8 Å². The first-order valence-electron chi connectivity index (χ1n) is 6.92. The fourth-order valence-corrected chi connectivity index (χ4v) is 2.14. The van der Waals surface area contributed by atoms with Crippen molar-refractivity contribution in [3.63, 3.8) is 0 Å². The Morgan fingerprint density at radius 2 is 1.61 bits per heavy atom. The Bertz CT molecular complexity index is 865. The van der Waals surface area contributed by atoms with Crippen LogP contribution in [-0.4, -0.2) is 21.8 Å². The minimum Gasteiger partial charge on any atom is -0.443 e. The maximum atomic E-state index is 12.2. The van der Waals surface area contributed by atoms with Gasteiger partial charge in [0.05, 0.1) is 17.2 Å². The molecule has 1 heterocycles. The highest BCUT2D eigenvalue weighted by atomic mass is 16.5. The monoisotopic (exact) mass is 307 g/mol. The number of nitrogens with zero attached hydrogens (tertiary/aromatic N) is 2. The van der Waals surface area contributed by atoms with Crippen LogP contribution in [0.25, 0.3) is 11.0 Å². The highest BCUT2D eigenvalue weighted by Gasteiger charge is 2.24. The zero-order valence-corrected chi connectivity index (χ0v) is 12.0. The summed E-state index contributed by atoms with van der Waals surface area (Å²) in [5, 5.41) is 0. The summed E-state index contributed by atoms with van der Waals surface area (Å²) in [7, 11) is 0. The van der Waals surface area contributed by atoms with Crippen LogP contribution < -0.4 is 5.73 Å². The number of fused-ring (bicyclic) bond motifs is 1. The standard InChI is InChI=1S/C17H13N3O3/c18-16(21)15(11-6-2-1-3-7-11)23-17(22)14-10-19-12-8-4-5-9-13(12)20-14/h1-10,15H,(H2,18,21)/t15-/m0/s1. The van der Waals surface area contributed by atoms with Gasteiger partial charge in [0.25, 0.3) is 5.91 Å². The van der Waals surface area contributed by atoms with Crippen molar-refractivity contribution in [1.82, 2.24) is 9.97 Å². The largest absolute Gasteiger partial charge is 0.443 e. The Hall–Kier alpha value is -3.28. The molecule has 0 saturated heterocycles. The summed E-state index contributed by atoms with van der Waals surface area (Å²) in [5.74, 6) is -1.51. The van der Waals surface area contributed by atoms with Gasteiger partial charge < -0.3 is 10.5 Å². The quantitative estimate of drug-likeness (QED) is 0.744. The Morgan fingerprint density at radius 3 is 2.30 bits per heavy atom. The number of carbonyl (C=O) groups is 2. The Balaban J connectivity index is 1.87. The molecule has 23 heavy (non-hydrogen) atoms. The van der Waals surface area contributed by atoms with Crippen molar-refractivity contribution in [3.05, 3.63) is 72.1 Å². The van der Waals surface area contributed by atoms with Crippen molar-refractivity contribution in [2.45, 2.75) is 6.10 Å². The van der Waals surface area contributed by atoms with Crippen molar-refractivity contribution in [2.24, 2.45) is 5.73 Å². The molecular weight excluding hydrogens is 294 g/mol. The topological polar surface area (TPSA) is 95.2 Å². The van der Waals surface area contributed by atoms with Crippen LogP contribution in [-0.2, 0) is 9.53 Å². The molecule has 0 radical (unpaired) electrons. The molecule has 2 aromatic carbocycles. The molecule has 0 spiro atoms. The lowest BCUT2D eigenvalue weighted by molar-refractivity contribution is -0.127. The summed E-state index contributed by atoms with van der Waals surface area (Å²) in [6.45, 7) is 0. The predicted octanol–water partition coefficient (Wildman–Crippen LogP) is 2.01. The van der Waals surface area contributed by atoms with E-state index in [4.69, 9.17) is 10.5 Å². The van der Waals surface area contributed by atoms with E-state index in [1.54, 1.807) is 48.5 Å². The zero-order chi connectivity index (χ0) is 16.2. The second-order valence-corrected chi connectivity index (χ2v) is 4.84. The number of esters is 1. The van der Waals surface area contributed by atoms with Gasteiger partial charge in [-0.1, -0.05) is 42.5 Å². The molecule has 0 bridgehead atoms. The zero-order valence-electron chi connectivity index (χ0n) is 12.0. The summed E-state index contributed by atoms with van der Waals surface area (Å²) >= 11 is 0. The molecule has 0 fully saturated rings. The van der Waals surface area contributed by atoms with Crippen molar-refractivity contribution < 1.29 is 14.3 Å². The molecule has 114 valence electrons. The summed E-state index contributed by atoms with van der Waals surface area (Å²) in [5.41, 5.74) is 7.09. The third-order valence-corrected chi connectivity index (χ3v) is 3.24. The van der Waals surface area contributed by atoms with Crippen LogP contribution in [0, 0.1) is 0 Å². The molecule has 0 aliphatic heterocycles. The predicted molar refractivity (Wildman–Crippen MR) is 83.3 cm³/mol. The van der Waals surface area contributed by atoms with Gasteiger partial charge in [-0.25, -0.2) is 9.78 Å². The van der Waals surface area contributed by atoms with E-state index < -0.39 is 18.0 Å². The van der Waals surface area contributed by atoms with E-state index in [1.807, 2.05) is 6.07 Å². The van der Waals surface area contributed by atoms with Gasteiger partial charge in [0.15, 0.2) is 5.69 Å². The first kappa shape index (κ1) is 14.6. The number of amides is 1. The third kappa shape index (κ3) is 3.16. The maximum Gasteiger partial charge on any atom is 0.359 e. The number of benzene rings is 2. The van der Waals surface area contributed by atoms with Gasteiger partial charge in [0.1, 0.15) is 0 Å². The van der Waals surface area contributed by atoms with E-state index in [2.05, 4.69) is 9.97 Å². The van der Waals surface area contributed by atoms with E-state index in [0.29, 0.717) is 16.6 Å². The lowest BCUT2D eigenvalue weighted by Crippen LogP contribution is -2.26. The number of ether oxygens (including phenoxy) is 1. The van der Waals surface area contributed by atoms with Gasteiger partial charge in [-0.3, -0.25) is 9.78 Å². The number of rotatable bonds is 4. The van der Waals surface area contributed by atoms with Gasteiger partial charge in [-0.15, -0.1) is 0 Å². The molecule has 3 rings (SSSR count). The van der Waals surface area contributed by atoms with E-state index in [1.165, 1.54) is 6.20 Å². The first-order valence-corrected chi connectivity index (χ1v) is 6.92. The maximum absolute atomic E-state index is 12.2. The smallest absolute Gasteiger partial charge is 0.359 e. The van der Waals surface area contributed by atoms with Gasteiger partial charge >= 0.3 is 5.97 Å². The molecular formula is C17H13N3O3. The van der Waals surface area contributed by atoms with Crippen LogP contribution in [0.1, 0.15) is 22.2 Å². The van der Waals surface area contributed by atoms with Crippen molar-refractivity contribution in [2.75, 3.05) is 0 Å². The number of para-hydroxylation sites is 2. The summed E-state index contributed by atoms with van der Waals surface area (Å²) < 4.78 is 5.22. The van der Waals surface area contributed by atoms with Gasteiger partial charge in [0.2, 0.25) is 6.10 Å². The molecule has 0 aliphatic carbocycles. The minimum atomic E-state index is -1.17. The average Bonchev–Trinajstić information content (AvgIpc) is 2.59. The summed E-state index contributed by atoms with van der Waals surface area (Å²) in [6.07, 6.45) is 0.144.